The summed E-state index contributed by atoms with van der Waals surface area (Å²) in [7, 11) is 0. The molecule has 1 amide bonds. The average molecular weight is 422 g/mol. The molecule has 0 unspecified atom stereocenters. The van der Waals surface area contributed by atoms with Gasteiger partial charge in [0, 0.05) is 36.0 Å². The van der Waals surface area contributed by atoms with Gasteiger partial charge in [-0.15, -0.1) is 11.3 Å². The molecule has 4 aromatic rings. The van der Waals surface area contributed by atoms with E-state index in [2.05, 4.69) is 15.4 Å². The van der Waals surface area contributed by atoms with Crippen LogP contribution in [0.1, 0.15) is 31.9 Å². The number of benzene rings is 1. The van der Waals surface area contributed by atoms with Crippen LogP contribution in [-0.4, -0.2) is 25.2 Å². The lowest BCUT2D eigenvalue weighted by Crippen LogP contribution is -2.24. The number of thiophene rings is 1. The van der Waals surface area contributed by atoms with Gasteiger partial charge in [-0.25, -0.2) is 9.67 Å². The Morgan fingerprint density at radius 1 is 1.20 bits per heavy atom. The van der Waals surface area contributed by atoms with Gasteiger partial charge in [-0.2, -0.15) is 5.10 Å². The van der Waals surface area contributed by atoms with Gasteiger partial charge in [0.15, 0.2) is 0 Å². The molecular weight excluding hydrogens is 398 g/mol. The molecule has 0 aliphatic heterocycles. The average Bonchev–Trinajstić information content (AvgIpc) is 3.35. The number of rotatable bonds is 6. The Morgan fingerprint density at radius 3 is 2.70 bits per heavy atom. The Bertz CT molecular complexity index is 1250. The van der Waals surface area contributed by atoms with Gasteiger partial charge in [0.05, 0.1) is 17.9 Å². The predicted octanol–water partition coefficient (Wildman–Crippen LogP) is 4.24. The molecule has 1 aromatic carbocycles. The molecule has 0 fully saturated rings. The van der Waals surface area contributed by atoms with Crippen LogP contribution in [0.4, 0.5) is 5.82 Å². The zero-order chi connectivity index (χ0) is 21.3. The summed E-state index contributed by atoms with van der Waals surface area (Å²) in [6.45, 7) is 6.28. The molecule has 30 heavy (non-hydrogen) atoms. The fourth-order valence-electron chi connectivity index (χ4n) is 3.32. The van der Waals surface area contributed by atoms with Gasteiger partial charge in [0.1, 0.15) is 10.6 Å². The summed E-state index contributed by atoms with van der Waals surface area (Å²) < 4.78 is 3.25. The third-order valence-corrected chi connectivity index (χ3v) is 5.82. The molecule has 0 aliphatic rings. The molecule has 8 heteroatoms. The standard InChI is InChI=1S/C22H23N5O2S/c1-14(2)27-18(8-10-24-27)25-19(28)9-11-26-13-23-21-20(22(26)29)17(12-30-21)16-6-4-15(3)5-7-16/h4-8,10,12-14H,9,11H2,1-3H3,(H,25,28). The monoisotopic (exact) mass is 421 g/mol. The van der Waals surface area contributed by atoms with Crippen LogP contribution in [0.2, 0.25) is 0 Å². The Balaban J connectivity index is 1.55. The molecule has 0 bridgehead atoms. The van der Waals surface area contributed by atoms with Crippen molar-refractivity contribution in [3.8, 4) is 11.1 Å². The van der Waals surface area contributed by atoms with Gasteiger partial charge < -0.3 is 5.32 Å². The highest BCUT2D eigenvalue weighted by Gasteiger charge is 2.15. The number of anilines is 1. The van der Waals surface area contributed by atoms with E-state index >= 15 is 0 Å². The maximum absolute atomic E-state index is 13.1. The molecule has 7 nitrogen and oxygen atoms in total. The number of aryl methyl sites for hydroxylation is 2. The van der Waals surface area contributed by atoms with Crippen molar-refractivity contribution >= 4 is 33.3 Å². The van der Waals surface area contributed by atoms with E-state index in [0.717, 1.165) is 11.1 Å². The van der Waals surface area contributed by atoms with E-state index in [1.807, 2.05) is 50.4 Å². The molecule has 154 valence electrons. The molecule has 0 aliphatic carbocycles. The first kappa shape index (κ1) is 20.0. The van der Waals surface area contributed by atoms with Crippen LogP contribution in [0.15, 0.2) is 53.0 Å². The lowest BCUT2D eigenvalue weighted by molar-refractivity contribution is -0.116. The second-order valence-electron chi connectivity index (χ2n) is 7.49. The van der Waals surface area contributed by atoms with E-state index in [1.165, 1.54) is 27.8 Å². The van der Waals surface area contributed by atoms with E-state index in [-0.39, 0.29) is 30.5 Å². The first-order chi connectivity index (χ1) is 14.4. The number of hydrogen-bond donors (Lipinski definition) is 1. The highest BCUT2D eigenvalue weighted by atomic mass is 32.1. The quantitative estimate of drug-likeness (QED) is 0.505. The van der Waals surface area contributed by atoms with Crippen LogP contribution in [0.3, 0.4) is 0 Å². The molecule has 0 atom stereocenters. The minimum atomic E-state index is -0.173. The number of hydrogen-bond acceptors (Lipinski definition) is 5. The van der Waals surface area contributed by atoms with E-state index in [0.29, 0.717) is 16.0 Å². The van der Waals surface area contributed by atoms with E-state index in [9.17, 15) is 9.59 Å². The number of amides is 1. The van der Waals surface area contributed by atoms with E-state index in [4.69, 9.17) is 0 Å². The first-order valence-corrected chi connectivity index (χ1v) is 10.7. The molecule has 1 N–H and O–H groups in total. The Kier molecular flexibility index (Phi) is 5.50. The molecule has 0 saturated carbocycles. The van der Waals surface area contributed by atoms with E-state index in [1.54, 1.807) is 16.9 Å². The van der Waals surface area contributed by atoms with Gasteiger partial charge in [-0.3, -0.25) is 14.2 Å². The number of fused-ring (bicyclic) bond motifs is 1. The number of carbonyl (C=O) groups is 1. The zero-order valence-electron chi connectivity index (χ0n) is 17.1. The highest BCUT2D eigenvalue weighted by molar-refractivity contribution is 7.17. The van der Waals surface area contributed by atoms with Gasteiger partial charge in [-0.05, 0) is 26.3 Å². The first-order valence-electron chi connectivity index (χ1n) is 9.81. The Hall–Kier alpha value is -3.26. The summed E-state index contributed by atoms with van der Waals surface area (Å²) in [5, 5.41) is 9.64. The van der Waals surface area contributed by atoms with Crippen LogP contribution in [0.25, 0.3) is 21.3 Å². The molecule has 3 aromatic heterocycles. The summed E-state index contributed by atoms with van der Waals surface area (Å²) in [5.41, 5.74) is 2.91. The predicted molar refractivity (Wildman–Crippen MR) is 120 cm³/mol. The van der Waals surface area contributed by atoms with Crippen LogP contribution >= 0.6 is 11.3 Å². The lowest BCUT2D eigenvalue weighted by Gasteiger charge is -2.12. The van der Waals surface area contributed by atoms with Gasteiger partial charge in [0.2, 0.25) is 5.91 Å². The lowest BCUT2D eigenvalue weighted by atomic mass is 10.1. The largest absolute Gasteiger partial charge is 0.311 e. The summed E-state index contributed by atoms with van der Waals surface area (Å²) in [6, 6.07) is 9.98. The summed E-state index contributed by atoms with van der Waals surface area (Å²) in [6.07, 6.45) is 3.34. The van der Waals surface area contributed by atoms with E-state index < -0.39 is 0 Å². The van der Waals surface area contributed by atoms with Crippen molar-refractivity contribution in [1.29, 1.82) is 0 Å². The van der Waals surface area contributed by atoms with Gasteiger partial charge in [0.25, 0.3) is 5.56 Å². The number of nitrogens with one attached hydrogen (secondary N) is 1. The maximum Gasteiger partial charge on any atom is 0.262 e. The second-order valence-corrected chi connectivity index (χ2v) is 8.35. The molecule has 3 heterocycles. The minimum Gasteiger partial charge on any atom is -0.311 e. The summed E-state index contributed by atoms with van der Waals surface area (Å²) >= 11 is 1.45. The second kappa shape index (κ2) is 8.23. The fraction of sp³-hybridized carbons (Fsp3) is 0.273. The summed E-state index contributed by atoms with van der Waals surface area (Å²) in [4.78, 5) is 30.7. The topological polar surface area (TPSA) is 81.8 Å². The zero-order valence-corrected chi connectivity index (χ0v) is 17.9. The number of aromatic nitrogens is 4. The van der Waals surface area contributed by atoms with Crippen LogP contribution < -0.4 is 10.9 Å². The third-order valence-electron chi connectivity index (χ3n) is 4.93. The van der Waals surface area contributed by atoms with Crippen LogP contribution in [0, 0.1) is 6.92 Å². The molecule has 0 radical (unpaired) electrons. The van der Waals surface area contributed by atoms with Crippen molar-refractivity contribution < 1.29 is 4.79 Å². The van der Waals surface area contributed by atoms with Crippen LogP contribution in [-0.2, 0) is 11.3 Å². The minimum absolute atomic E-state index is 0.128. The molecule has 4 rings (SSSR count). The van der Waals surface area contributed by atoms with Crippen molar-refractivity contribution in [1.82, 2.24) is 19.3 Å². The van der Waals surface area contributed by atoms with Crippen molar-refractivity contribution in [2.45, 2.75) is 39.8 Å². The Labute approximate surface area is 178 Å². The third kappa shape index (κ3) is 3.91. The van der Waals surface area contributed by atoms with Gasteiger partial charge >= 0.3 is 0 Å². The highest BCUT2D eigenvalue weighted by Crippen LogP contribution is 2.30. The molecule has 0 spiro atoms. The smallest absolute Gasteiger partial charge is 0.262 e. The molecule has 0 saturated heterocycles. The van der Waals surface area contributed by atoms with Crippen molar-refractivity contribution in [3.05, 3.63) is 64.2 Å². The normalized spacial score (nSPS) is 11.3. The number of nitrogens with zero attached hydrogens (tertiary/aromatic N) is 4. The SMILES string of the molecule is Cc1ccc(-c2csc3ncn(CCC(=O)Nc4ccnn4C(C)C)c(=O)c23)cc1. The summed E-state index contributed by atoms with van der Waals surface area (Å²) in [5.74, 6) is 0.476. The number of carbonyl (C=O) groups excluding carboxylic acids is 1. The maximum atomic E-state index is 13.1. The molecular formula is C22H23N5O2S. The van der Waals surface area contributed by atoms with Gasteiger partial charge in [-0.1, -0.05) is 29.8 Å². The van der Waals surface area contributed by atoms with Crippen LogP contribution in [0.5, 0.6) is 0 Å². The van der Waals surface area contributed by atoms with Crippen molar-refractivity contribution in [2.75, 3.05) is 5.32 Å². The Morgan fingerprint density at radius 2 is 1.97 bits per heavy atom. The fourth-order valence-corrected chi connectivity index (χ4v) is 4.23. The van der Waals surface area contributed by atoms with Crippen molar-refractivity contribution in [3.63, 3.8) is 0 Å². The van der Waals surface area contributed by atoms with Crippen molar-refractivity contribution in [2.24, 2.45) is 0 Å².